The van der Waals surface area contributed by atoms with Crippen LogP contribution in [0.15, 0.2) is 18.2 Å². The van der Waals surface area contributed by atoms with Gasteiger partial charge in [0.1, 0.15) is 11.3 Å². The van der Waals surface area contributed by atoms with Gasteiger partial charge in [-0.05, 0) is 25.5 Å². The van der Waals surface area contributed by atoms with Gasteiger partial charge in [-0.1, -0.05) is 17.7 Å². The summed E-state index contributed by atoms with van der Waals surface area (Å²) < 4.78 is 0. The van der Waals surface area contributed by atoms with E-state index in [9.17, 15) is 14.9 Å². The fourth-order valence-corrected chi connectivity index (χ4v) is 1.31. The zero-order valence-corrected chi connectivity index (χ0v) is 9.12. The lowest BCUT2D eigenvalue weighted by Crippen LogP contribution is -2.18. The number of hydrogen-bond donors (Lipinski definition) is 0. The van der Waals surface area contributed by atoms with Crippen molar-refractivity contribution in [2.24, 2.45) is 0 Å². The van der Waals surface area contributed by atoms with Gasteiger partial charge in [0.25, 0.3) is 5.69 Å². The molecule has 0 aliphatic rings. The molecule has 0 radical (unpaired) electrons. The second kappa shape index (κ2) is 3.98. The molecule has 0 saturated heterocycles. The summed E-state index contributed by atoms with van der Waals surface area (Å²) in [5, 5.41) is 10.7. The molecule has 5 heteroatoms. The molecule has 0 atom stereocenters. The topological polar surface area (TPSA) is 60.2 Å². The van der Waals surface area contributed by atoms with Crippen molar-refractivity contribution in [3.63, 3.8) is 0 Å². The van der Waals surface area contributed by atoms with E-state index in [1.54, 1.807) is 19.9 Å². The molecule has 0 aliphatic carbocycles. The van der Waals surface area contributed by atoms with Crippen molar-refractivity contribution in [1.82, 2.24) is 0 Å². The van der Waals surface area contributed by atoms with Gasteiger partial charge in [0, 0.05) is 11.5 Å². The first-order valence-electron chi connectivity index (χ1n) is 4.29. The summed E-state index contributed by atoms with van der Waals surface area (Å²) in [6.07, 6.45) is 0.750. The minimum absolute atomic E-state index is 0.0745. The van der Waals surface area contributed by atoms with Gasteiger partial charge >= 0.3 is 0 Å². The first kappa shape index (κ1) is 11.7. The third kappa shape index (κ3) is 2.33. The third-order valence-electron chi connectivity index (χ3n) is 2.18. The van der Waals surface area contributed by atoms with E-state index in [1.165, 1.54) is 12.1 Å². The lowest BCUT2D eigenvalue weighted by Gasteiger charge is -2.16. The Hall–Kier alpha value is -1.42. The van der Waals surface area contributed by atoms with Crippen LogP contribution in [0.5, 0.6) is 0 Å². The molecule has 1 aromatic carbocycles. The van der Waals surface area contributed by atoms with Crippen molar-refractivity contribution < 1.29 is 9.72 Å². The average Bonchev–Trinajstić information content (AvgIpc) is 2.17. The zero-order chi connectivity index (χ0) is 11.6. The Balaban J connectivity index is 3.30. The van der Waals surface area contributed by atoms with Crippen LogP contribution in [-0.2, 0) is 10.2 Å². The molecule has 0 aliphatic heterocycles. The number of hydrogen-bond acceptors (Lipinski definition) is 3. The molecule has 0 amide bonds. The van der Waals surface area contributed by atoms with Crippen LogP contribution in [0.25, 0.3) is 0 Å². The van der Waals surface area contributed by atoms with Gasteiger partial charge in [-0.2, -0.15) is 0 Å². The van der Waals surface area contributed by atoms with Crippen LogP contribution in [-0.4, -0.2) is 11.2 Å². The SMILES string of the molecule is CC(C)(C=O)c1ccc(Cl)c([N+](=O)[O-])c1. The summed E-state index contributed by atoms with van der Waals surface area (Å²) >= 11 is 5.65. The van der Waals surface area contributed by atoms with Crippen LogP contribution in [0.3, 0.4) is 0 Å². The molecule has 0 spiro atoms. The highest BCUT2D eigenvalue weighted by Crippen LogP contribution is 2.30. The van der Waals surface area contributed by atoms with Crippen LogP contribution in [0, 0.1) is 10.1 Å². The van der Waals surface area contributed by atoms with E-state index in [2.05, 4.69) is 0 Å². The average molecular weight is 228 g/mol. The van der Waals surface area contributed by atoms with Crippen molar-refractivity contribution in [2.75, 3.05) is 0 Å². The summed E-state index contributed by atoms with van der Waals surface area (Å²) in [5.41, 5.74) is -0.340. The number of nitrogens with zero attached hydrogens (tertiary/aromatic N) is 1. The van der Waals surface area contributed by atoms with Crippen LogP contribution in [0.4, 0.5) is 5.69 Å². The zero-order valence-electron chi connectivity index (χ0n) is 8.36. The molecular weight excluding hydrogens is 218 g/mol. The molecule has 0 fully saturated rings. The Morgan fingerprint density at radius 2 is 2.07 bits per heavy atom. The number of nitro benzene ring substituents is 1. The van der Waals surface area contributed by atoms with E-state index in [1.807, 2.05) is 0 Å². The van der Waals surface area contributed by atoms with Crippen molar-refractivity contribution in [2.45, 2.75) is 19.3 Å². The van der Waals surface area contributed by atoms with Crippen LogP contribution < -0.4 is 0 Å². The van der Waals surface area contributed by atoms with Crippen molar-refractivity contribution in [3.8, 4) is 0 Å². The minimum Gasteiger partial charge on any atom is -0.302 e. The van der Waals surface area contributed by atoms with Gasteiger partial charge in [-0.15, -0.1) is 0 Å². The fraction of sp³-hybridized carbons (Fsp3) is 0.300. The molecular formula is C10H10ClNO3. The highest BCUT2D eigenvalue weighted by atomic mass is 35.5. The van der Waals surface area contributed by atoms with Crippen molar-refractivity contribution >= 4 is 23.6 Å². The molecule has 0 saturated carbocycles. The Morgan fingerprint density at radius 1 is 1.47 bits per heavy atom. The molecule has 15 heavy (non-hydrogen) atoms. The summed E-state index contributed by atoms with van der Waals surface area (Å²) in [6.45, 7) is 3.37. The van der Waals surface area contributed by atoms with E-state index >= 15 is 0 Å². The Kier molecular flexibility index (Phi) is 3.09. The molecule has 0 unspecified atom stereocenters. The van der Waals surface area contributed by atoms with Gasteiger partial charge in [-0.25, -0.2) is 0 Å². The summed E-state index contributed by atoms with van der Waals surface area (Å²) in [4.78, 5) is 20.8. The van der Waals surface area contributed by atoms with E-state index in [0.717, 1.165) is 6.29 Å². The summed E-state index contributed by atoms with van der Waals surface area (Å²) in [5.74, 6) is 0. The maximum Gasteiger partial charge on any atom is 0.288 e. The minimum atomic E-state index is -0.741. The van der Waals surface area contributed by atoms with Gasteiger partial charge in [0.2, 0.25) is 0 Å². The van der Waals surface area contributed by atoms with E-state index < -0.39 is 10.3 Å². The Labute approximate surface area is 92.0 Å². The number of rotatable bonds is 3. The molecule has 0 bridgehead atoms. The number of carbonyl (C=O) groups excluding carboxylic acids is 1. The van der Waals surface area contributed by atoms with Gasteiger partial charge in [0.15, 0.2) is 0 Å². The fourth-order valence-electron chi connectivity index (χ4n) is 1.12. The number of halogens is 1. The van der Waals surface area contributed by atoms with E-state index in [-0.39, 0.29) is 10.7 Å². The van der Waals surface area contributed by atoms with Gasteiger partial charge < -0.3 is 4.79 Å². The maximum absolute atomic E-state index is 10.8. The molecule has 1 aromatic rings. The highest BCUT2D eigenvalue weighted by molar-refractivity contribution is 6.32. The molecule has 0 N–H and O–H groups in total. The monoisotopic (exact) mass is 227 g/mol. The molecule has 80 valence electrons. The molecule has 1 rings (SSSR count). The number of benzene rings is 1. The van der Waals surface area contributed by atoms with Crippen molar-refractivity contribution in [1.29, 1.82) is 0 Å². The van der Waals surface area contributed by atoms with Crippen LogP contribution in [0.2, 0.25) is 5.02 Å². The number of carbonyl (C=O) groups is 1. The number of aldehydes is 1. The van der Waals surface area contributed by atoms with Gasteiger partial charge in [-0.3, -0.25) is 10.1 Å². The summed E-state index contributed by atoms with van der Waals surface area (Å²) in [7, 11) is 0. The predicted molar refractivity (Wildman–Crippen MR) is 57.2 cm³/mol. The largest absolute Gasteiger partial charge is 0.302 e. The smallest absolute Gasteiger partial charge is 0.288 e. The lowest BCUT2D eigenvalue weighted by molar-refractivity contribution is -0.384. The van der Waals surface area contributed by atoms with Crippen LogP contribution in [0.1, 0.15) is 19.4 Å². The third-order valence-corrected chi connectivity index (χ3v) is 2.50. The molecule has 0 heterocycles. The highest BCUT2D eigenvalue weighted by Gasteiger charge is 2.23. The first-order chi connectivity index (χ1) is 6.88. The summed E-state index contributed by atoms with van der Waals surface area (Å²) in [6, 6.07) is 4.38. The maximum atomic E-state index is 10.8. The molecule has 4 nitrogen and oxygen atoms in total. The van der Waals surface area contributed by atoms with Gasteiger partial charge in [0.05, 0.1) is 4.92 Å². The second-order valence-electron chi connectivity index (χ2n) is 3.76. The van der Waals surface area contributed by atoms with E-state index in [4.69, 9.17) is 11.6 Å². The molecule has 0 aromatic heterocycles. The lowest BCUT2D eigenvalue weighted by atomic mass is 9.86. The Bertz CT molecular complexity index is 415. The predicted octanol–water partition coefficient (Wildman–Crippen LogP) is 2.72. The first-order valence-corrected chi connectivity index (χ1v) is 4.67. The van der Waals surface area contributed by atoms with E-state index in [0.29, 0.717) is 5.56 Å². The number of nitro groups is 1. The second-order valence-corrected chi connectivity index (χ2v) is 4.17. The van der Waals surface area contributed by atoms with Crippen LogP contribution >= 0.6 is 11.6 Å². The normalized spacial score (nSPS) is 11.1. The standard InChI is InChI=1S/C10H10ClNO3/c1-10(2,6-13)7-3-4-8(11)9(5-7)12(14)15/h3-6H,1-2H3. The quantitative estimate of drug-likeness (QED) is 0.453. The Morgan fingerprint density at radius 3 is 2.53 bits per heavy atom. The van der Waals surface area contributed by atoms with Crippen molar-refractivity contribution in [3.05, 3.63) is 38.9 Å².